The van der Waals surface area contributed by atoms with Crippen molar-refractivity contribution in [2.75, 3.05) is 14.2 Å². The summed E-state index contributed by atoms with van der Waals surface area (Å²) in [6.07, 6.45) is 1.71. The van der Waals surface area contributed by atoms with Crippen LogP contribution in [0.1, 0.15) is 18.4 Å². The lowest BCUT2D eigenvalue weighted by molar-refractivity contribution is -0.124. The Morgan fingerprint density at radius 2 is 2.12 bits per heavy atom. The van der Waals surface area contributed by atoms with Crippen LogP contribution in [0.2, 0.25) is 0 Å². The number of carbonyl (C=O) groups is 3. The number of hydrogen-bond acceptors (Lipinski definition) is 7. The van der Waals surface area contributed by atoms with Gasteiger partial charge in [0.2, 0.25) is 11.8 Å². The molecule has 1 fully saturated rings. The minimum Gasteiger partial charge on any atom is -0.493 e. The van der Waals surface area contributed by atoms with Crippen molar-refractivity contribution in [2.45, 2.75) is 18.9 Å². The topological polar surface area (TPSA) is 130 Å². The number of ether oxygens (including phenoxy) is 2. The molecule has 1 aromatic carbocycles. The second kappa shape index (κ2) is 9.15. The van der Waals surface area contributed by atoms with Crippen LogP contribution in [0.4, 0.5) is 4.79 Å². The average molecular weight is 428 g/mol. The summed E-state index contributed by atoms with van der Waals surface area (Å²) < 4.78 is 11.1. The molecule has 0 radical (unpaired) electrons. The number of rotatable bonds is 7. The van der Waals surface area contributed by atoms with Crippen molar-refractivity contribution in [3.05, 3.63) is 22.2 Å². The van der Waals surface area contributed by atoms with Crippen molar-refractivity contribution in [1.29, 1.82) is 0 Å². The predicted octanol–water partition coefficient (Wildman–Crippen LogP) is 0.409. The number of benzene rings is 1. The van der Waals surface area contributed by atoms with E-state index in [0.717, 1.165) is 0 Å². The van der Waals surface area contributed by atoms with Gasteiger partial charge in [0, 0.05) is 6.42 Å². The molecule has 1 saturated heterocycles. The Bertz CT molecular complexity index is 739. The van der Waals surface area contributed by atoms with E-state index in [1.54, 1.807) is 12.1 Å². The summed E-state index contributed by atoms with van der Waals surface area (Å²) >= 11 is 3.37. The van der Waals surface area contributed by atoms with E-state index in [2.05, 4.69) is 42.6 Å². The second-order valence-electron chi connectivity index (χ2n) is 5.21. The van der Waals surface area contributed by atoms with Crippen molar-refractivity contribution in [3.8, 4) is 11.5 Å². The molecule has 26 heavy (non-hydrogen) atoms. The first-order valence-electron chi connectivity index (χ1n) is 7.54. The highest BCUT2D eigenvalue weighted by Gasteiger charge is 2.25. The van der Waals surface area contributed by atoms with E-state index in [-0.39, 0.29) is 18.7 Å². The van der Waals surface area contributed by atoms with Crippen LogP contribution in [0.15, 0.2) is 21.7 Å². The Labute approximate surface area is 157 Å². The quantitative estimate of drug-likeness (QED) is 0.368. The number of nitrogens with one attached hydrogen (secondary N) is 4. The summed E-state index contributed by atoms with van der Waals surface area (Å²) in [5.41, 5.74) is 7.85. The van der Waals surface area contributed by atoms with E-state index < -0.39 is 18.0 Å². The molecule has 4 N–H and O–H groups in total. The minimum absolute atomic E-state index is 0.0495. The summed E-state index contributed by atoms with van der Waals surface area (Å²) in [5.74, 6) is 0.220. The summed E-state index contributed by atoms with van der Waals surface area (Å²) in [7, 11) is 3.05. The Balaban J connectivity index is 1.86. The van der Waals surface area contributed by atoms with E-state index in [1.807, 2.05) is 0 Å². The smallest absolute Gasteiger partial charge is 0.335 e. The summed E-state index contributed by atoms with van der Waals surface area (Å²) in [5, 5.41) is 5.98. The molecular formula is C15H18BrN5O5. The molecule has 2 rings (SSSR count). The highest BCUT2D eigenvalue weighted by molar-refractivity contribution is 9.10. The minimum atomic E-state index is -0.677. The number of carbonyl (C=O) groups excluding carboxylic acids is 3. The van der Waals surface area contributed by atoms with Gasteiger partial charge >= 0.3 is 6.03 Å². The average Bonchev–Trinajstić information content (AvgIpc) is 2.60. The van der Waals surface area contributed by atoms with Crippen molar-refractivity contribution in [1.82, 2.24) is 21.6 Å². The largest absolute Gasteiger partial charge is 0.493 e. The number of halogens is 1. The number of nitrogens with zero attached hydrogens (tertiary/aromatic N) is 1. The summed E-state index contributed by atoms with van der Waals surface area (Å²) in [4.78, 5) is 34.3. The standard InChI is InChI=1S/C15H18BrN5O5/c1-25-11-6-8(5-9(16)13(11)26-2)7-17-20-12(22)4-3-10-14(23)18-15(24)21-19-10/h5-7,10,19H,3-4H2,1-2H3,(H,20,22)(H2,18,21,23,24)/b17-7+. The van der Waals surface area contributed by atoms with Crippen LogP contribution in [-0.2, 0) is 9.59 Å². The number of methoxy groups -OCH3 is 2. The van der Waals surface area contributed by atoms with Gasteiger partial charge in [-0.3, -0.25) is 20.3 Å². The molecule has 11 heteroatoms. The molecule has 0 bridgehead atoms. The monoisotopic (exact) mass is 427 g/mol. The fourth-order valence-corrected chi connectivity index (χ4v) is 2.80. The number of hydrogen-bond donors (Lipinski definition) is 4. The maximum atomic E-state index is 11.8. The highest BCUT2D eigenvalue weighted by atomic mass is 79.9. The van der Waals surface area contributed by atoms with E-state index in [4.69, 9.17) is 9.47 Å². The van der Waals surface area contributed by atoms with Gasteiger partial charge in [-0.1, -0.05) is 0 Å². The highest BCUT2D eigenvalue weighted by Crippen LogP contribution is 2.35. The fourth-order valence-electron chi connectivity index (χ4n) is 2.17. The zero-order valence-corrected chi connectivity index (χ0v) is 15.7. The second-order valence-corrected chi connectivity index (χ2v) is 6.06. The molecular weight excluding hydrogens is 410 g/mol. The maximum Gasteiger partial charge on any atom is 0.335 e. The SMILES string of the molecule is COc1cc(/C=N/NC(=O)CCC2NNC(=O)NC2=O)cc(Br)c1OC. The molecule has 1 heterocycles. The lowest BCUT2D eigenvalue weighted by atomic mass is 10.1. The normalized spacial score (nSPS) is 16.8. The zero-order chi connectivity index (χ0) is 19.1. The number of imide groups is 1. The van der Waals surface area contributed by atoms with E-state index in [0.29, 0.717) is 21.5 Å². The third kappa shape index (κ3) is 5.17. The van der Waals surface area contributed by atoms with Gasteiger partial charge < -0.3 is 9.47 Å². The van der Waals surface area contributed by atoms with Crippen LogP contribution in [0.3, 0.4) is 0 Å². The van der Waals surface area contributed by atoms with Gasteiger partial charge in [-0.2, -0.15) is 5.10 Å². The van der Waals surface area contributed by atoms with Crippen molar-refractivity contribution < 1.29 is 23.9 Å². The molecule has 0 aliphatic carbocycles. The molecule has 0 spiro atoms. The molecule has 0 saturated carbocycles. The first-order chi connectivity index (χ1) is 12.4. The van der Waals surface area contributed by atoms with E-state index in [9.17, 15) is 14.4 Å². The zero-order valence-electron chi connectivity index (χ0n) is 14.1. The molecule has 10 nitrogen and oxygen atoms in total. The van der Waals surface area contributed by atoms with Crippen LogP contribution < -0.4 is 31.1 Å². The molecule has 1 unspecified atom stereocenters. The fraction of sp³-hybridized carbons (Fsp3) is 0.333. The molecule has 0 aromatic heterocycles. The number of amides is 4. The van der Waals surface area contributed by atoms with Crippen molar-refractivity contribution in [3.63, 3.8) is 0 Å². The third-order valence-corrected chi connectivity index (χ3v) is 4.02. The first-order valence-corrected chi connectivity index (χ1v) is 8.33. The van der Waals surface area contributed by atoms with E-state index in [1.165, 1.54) is 20.4 Å². The van der Waals surface area contributed by atoms with Crippen LogP contribution in [0.5, 0.6) is 11.5 Å². The van der Waals surface area contributed by atoms with Crippen molar-refractivity contribution >= 4 is 40.0 Å². The summed E-state index contributed by atoms with van der Waals surface area (Å²) in [6, 6.07) is 2.17. The van der Waals surface area contributed by atoms with Crippen LogP contribution >= 0.6 is 15.9 Å². The number of hydrazone groups is 1. The van der Waals surface area contributed by atoms with Gasteiger partial charge in [0.25, 0.3) is 0 Å². The van der Waals surface area contributed by atoms with Gasteiger partial charge in [0.1, 0.15) is 6.04 Å². The lowest BCUT2D eigenvalue weighted by Crippen LogP contribution is -2.62. The van der Waals surface area contributed by atoms with Crippen LogP contribution in [-0.4, -0.2) is 44.3 Å². The Morgan fingerprint density at radius 1 is 1.35 bits per heavy atom. The van der Waals surface area contributed by atoms with Gasteiger partial charge in [0.05, 0.1) is 24.9 Å². The van der Waals surface area contributed by atoms with Crippen molar-refractivity contribution in [2.24, 2.45) is 5.10 Å². The Morgan fingerprint density at radius 3 is 2.77 bits per heavy atom. The first kappa shape index (κ1) is 19.7. The number of urea groups is 1. The molecule has 4 amide bonds. The lowest BCUT2D eigenvalue weighted by Gasteiger charge is -2.22. The van der Waals surface area contributed by atoms with Gasteiger partial charge in [-0.25, -0.2) is 15.6 Å². The molecule has 140 valence electrons. The Hall–Kier alpha value is -2.66. The van der Waals surface area contributed by atoms with Crippen LogP contribution in [0, 0.1) is 0 Å². The van der Waals surface area contributed by atoms with Gasteiger partial charge in [-0.15, -0.1) is 0 Å². The molecule has 1 aliphatic heterocycles. The maximum absolute atomic E-state index is 11.8. The Kier molecular flexibility index (Phi) is 6.92. The van der Waals surface area contributed by atoms with Crippen LogP contribution in [0.25, 0.3) is 0 Å². The van der Waals surface area contributed by atoms with E-state index >= 15 is 0 Å². The molecule has 1 aliphatic rings. The van der Waals surface area contributed by atoms with Gasteiger partial charge in [-0.05, 0) is 40.0 Å². The molecule has 1 atom stereocenters. The molecule has 1 aromatic rings. The predicted molar refractivity (Wildman–Crippen MR) is 95.8 cm³/mol. The number of hydrazine groups is 1. The summed E-state index contributed by atoms with van der Waals surface area (Å²) in [6.45, 7) is 0. The van der Waals surface area contributed by atoms with Gasteiger partial charge in [0.15, 0.2) is 11.5 Å². The third-order valence-electron chi connectivity index (χ3n) is 3.43.